The lowest BCUT2D eigenvalue weighted by Crippen LogP contribution is -1.78. The number of benzene rings is 2. The summed E-state index contributed by atoms with van der Waals surface area (Å²) < 4.78 is 0. The molecule has 0 atom stereocenters. The molecule has 2 aromatic carbocycles. The summed E-state index contributed by atoms with van der Waals surface area (Å²) in [6.07, 6.45) is 0. The summed E-state index contributed by atoms with van der Waals surface area (Å²) in [6.45, 7) is 2.04. The van der Waals surface area contributed by atoms with Gasteiger partial charge in [0.15, 0.2) is 0 Å². The van der Waals surface area contributed by atoms with E-state index in [0.29, 0.717) is 5.69 Å². The topological polar surface area (TPSA) is 48.8 Å². The van der Waals surface area contributed by atoms with E-state index >= 15 is 0 Å². The van der Waals surface area contributed by atoms with Gasteiger partial charge in [-0.2, -0.15) is 0 Å². The zero-order valence-electron chi connectivity index (χ0n) is 8.96. The standard InChI is InChI=1S/C13H11N3/c1-10-6-8-11(9-7-10)12-4-2-3-5-13(12)15-16-14/h2-9H,1H3. The minimum atomic E-state index is 0.661. The lowest BCUT2D eigenvalue weighted by molar-refractivity contribution is 1.44. The second kappa shape index (κ2) is 4.51. The lowest BCUT2D eigenvalue weighted by Gasteiger charge is -2.05. The summed E-state index contributed by atoms with van der Waals surface area (Å²) in [5, 5.41) is 3.69. The first-order valence-electron chi connectivity index (χ1n) is 5.02. The van der Waals surface area contributed by atoms with Crippen molar-refractivity contribution in [3.05, 3.63) is 64.5 Å². The smallest absolute Gasteiger partial charge is 0.0453 e. The molecule has 0 spiro atoms. The molecule has 3 nitrogen and oxygen atoms in total. The molecule has 78 valence electrons. The molecule has 0 N–H and O–H groups in total. The first-order chi connectivity index (χ1) is 7.81. The summed E-state index contributed by atoms with van der Waals surface area (Å²) in [5.74, 6) is 0. The van der Waals surface area contributed by atoms with Crippen LogP contribution in [0, 0.1) is 6.92 Å². The number of aryl methyl sites for hydroxylation is 1. The Morgan fingerprint density at radius 1 is 1.00 bits per heavy atom. The van der Waals surface area contributed by atoms with Crippen molar-refractivity contribution in [2.75, 3.05) is 0 Å². The maximum absolute atomic E-state index is 8.49. The quantitative estimate of drug-likeness (QED) is 0.394. The van der Waals surface area contributed by atoms with Crippen LogP contribution in [0.3, 0.4) is 0 Å². The summed E-state index contributed by atoms with van der Waals surface area (Å²) in [6, 6.07) is 15.7. The Hall–Kier alpha value is -2.25. The van der Waals surface area contributed by atoms with Crippen molar-refractivity contribution >= 4 is 5.69 Å². The molecule has 0 aliphatic carbocycles. The Kier molecular flexibility index (Phi) is 2.90. The van der Waals surface area contributed by atoms with Gasteiger partial charge in [0.1, 0.15) is 0 Å². The van der Waals surface area contributed by atoms with Gasteiger partial charge in [0.25, 0.3) is 0 Å². The van der Waals surface area contributed by atoms with Crippen LogP contribution in [0.1, 0.15) is 5.56 Å². The molecule has 0 aliphatic heterocycles. The van der Waals surface area contributed by atoms with Crippen LogP contribution in [0.15, 0.2) is 53.6 Å². The van der Waals surface area contributed by atoms with Crippen molar-refractivity contribution in [1.82, 2.24) is 0 Å². The Balaban J connectivity index is 2.55. The molecule has 0 bridgehead atoms. The van der Waals surface area contributed by atoms with Crippen LogP contribution >= 0.6 is 0 Å². The molecule has 0 heterocycles. The van der Waals surface area contributed by atoms with Gasteiger partial charge < -0.3 is 0 Å². The molecule has 0 saturated carbocycles. The van der Waals surface area contributed by atoms with Crippen LogP contribution in [0.2, 0.25) is 0 Å². The molecule has 16 heavy (non-hydrogen) atoms. The van der Waals surface area contributed by atoms with Crippen molar-refractivity contribution < 1.29 is 0 Å². The number of hydrogen-bond acceptors (Lipinski definition) is 1. The van der Waals surface area contributed by atoms with Crippen molar-refractivity contribution in [2.45, 2.75) is 6.92 Å². The minimum absolute atomic E-state index is 0.661. The van der Waals surface area contributed by atoms with E-state index in [1.54, 1.807) is 0 Å². The number of nitrogens with zero attached hydrogens (tertiary/aromatic N) is 3. The summed E-state index contributed by atoms with van der Waals surface area (Å²) in [4.78, 5) is 2.83. The van der Waals surface area contributed by atoms with Crippen LogP contribution in [-0.4, -0.2) is 0 Å². The first-order valence-corrected chi connectivity index (χ1v) is 5.02. The zero-order chi connectivity index (χ0) is 11.4. The highest BCUT2D eigenvalue weighted by Gasteiger charge is 2.01. The fraction of sp³-hybridized carbons (Fsp3) is 0.0769. The van der Waals surface area contributed by atoms with Crippen LogP contribution < -0.4 is 0 Å². The van der Waals surface area contributed by atoms with Crippen LogP contribution in [0.4, 0.5) is 5.69 Å². The Morgan fingerprint density at radius 2 is 1.69 bits per heavy atom. The van der Waals surface area contributed by atoms with Gasteiger partial charge in [-0.25, -0.2) is 0 Å². The molecular weight excluding hydrogens is 198 g/mol. The maximum atomic E-state index is 8.49. The SMILES string of the molecule is Cc1ccc(-c2ccccc2N=[N+]=[N-])cc1. The van der Waals surface area contributed by atoms with Crippen LogP contribution in [-0.2, 0) is 0 Å². The van der Waals surface area contributed by atoms with Crippen molar-refractivity contribution in [2.24, 2.45) is 5.11 Å². The van der Waals surface area contributed by atoms with Gasteiger partial charge in [0.2, 0.25) is 0 Å². The highest BCUT2D eigenvalue weighted by atomic mass is 15.1. The van der Waals surface area contributed by atoms with Gasteiger partial charge in [-0.15, -0.1) is 0 Å². The molecule has 0 amide bonds. The van der Waals surface area contributed by atoms with E-state index in [0.717, 1.165) is 11.1 Å². The molecule has 2 rings (SSSR count). The highest BCUT2D eigenvalue weighted by Crippen LogP contribution is 2.30. The molecule has 2 aromatic rings. The number of rotatable bonds is 2. The molecule has 0 fully saturated rings. The third kappa shape index (κ3) is 2.05. The zero-order valence-corrected chi connectivity index (χ0v) is 8.96. The van der Waals surface area contributed by atoms with E-state index in [1.807, 2.05) is 55.5 Å². The highest BCUT2D eigenvalue weighted by molar-refractivity contribution is 5.75. The van der Waals surface area contributed by atoms with Crippen LogP contribution in [0.25, 0.3) is 21.6 Å². The molecule has 0 aliphatic rings. The van der Waals surface area contributed by atoms with Gasteiger partial charge >= 0.3 is 0 Å². The third-order valence-electron chi connectivity index (χ3n) is 2.42. The Labute approximate surface area is 94.0 Å². The molecular formula is C13H11N3. The predicted molar refractivity (Wildman–Crippen MR) is 65.4 cm³/mol. The second-order valence-electron chi connectivity index (χ2n) is 3.57. The monoisotopic (exact) mass is 209 g/mol. The normalized spacial score (nSPS) is 9.56. The van der Waals surface area contributed by atoms with Gasteiger partial charge in [-0.05, 0) is 23.6 Å². The van der Waals surface area contributed by atoms with E-state index in [2.05, 4.69) is 10.0 Å². The Bertz CT molecular complexity index is 537. The van der Waals surface area contributed by atoms with Gasteiger partial charge in [0, 0.05) is 10.6 Å². The van der Waals surface area contributed by atoms with E-state index in [4.69, 9.17) is 5.53 Å². The average molecular weight is 209 g/mol. The largest absolute Gasteiger partial charge is 0.0618 e. The summed E-state index contributed by atoms with van der Waals surface area (Å²) in [7, 11) is 0. The molecule has 0 aromatic heterocycles. The van der Waals surface area contributed by atoms with E-state index < -0.39 is 0 Å². The summed E-state index contributed by atoms with van der Waals surface area (Å²) >= 11 is 0. The van der Waals surface area contributed by atoms with Gasteiger partial charge in [0.05, 0.1) is 0 Å². The van der Waals surface area contributed by atoms with Crippen LogP contribution in [0.5, 0.6) is 0 Å². The average Bonchev–Trinajstić information content (AvgIpc) is 2.32. The fourth-order valence-electron chi connectivity index (χ4n) is 1.59. The van der Waals surface area contributed by atoms with E-state index in [9.17, 15) is 0 Å². The van der Waals surface area contributed by atoms with E-state index in [-0.39, 0.29) is 0 Å². The van der Waals surface area contributed by atoms with Gasteiger partial charge in [-0.1, -0.05) is 59.2 Å². The first kappa shape index (κ1) is 10.3. The van der Waals surface area contributed by atoms with Crippen molar-refractivity contribution in [3.8, 4) is 11.1 Å². The molecule has 0 unspecified atom stereocenters. The number of hydrogen-bond donors (Lipinski definition) is 0. The van der Waals surface area contributed by atoms with Crippen molar-refractivity contribution in [3.63, 3.8) is 0 Å². The number of azide groups is 1. The molecule has 0 saturated heterocycles. The lowest BCUT2D eigenvalue weighted by atomic mass is 10.0. The van der Waals surface area contributed by atoms with E-state index in [1.165, 1.54) is 5.56 Å². The molecule has 0 radical (unpaired) electrons. The Morgan fingerprint density at radius 3 is 2.38 bits per heavy atom. The predicted octanol–water partition coefficient (Wildman–Crippen LogP) is 4.60. The van der Waals surface area contributed by atoms with Crippen molar-refractivity contribution in [1.29, 1.82) is 0 Å². The maximum Gasteiger partial charge on any atom is 0.0453 e. The second-order valence-corrected chi connectivity index (χ2v) is 3.57. The van der Waals surface area contributed by atoms with Gasteiger partial charge in [-0.3, -0.25) is 0 Å². The summed E-state index contributed by atoms with van der Waals surface area (Å²) in [5.41, 5.74) is 12.4. The molecule has 3 heteroatoms. The minimum Gasteiger partial charge on any atom is -0.0618 e. The fourth-order valence-corrected chi connectivity index (χ4v) is 1.59. The third-order valence-corrected chi connectivity index (χ3v) is 2.42.